The lowest BCUT2D eigenvalue weighted by Crippen LogP contribution is -2.06. The third-order valence-electron chi connectivity index (χ3n) is 2.72. The van der Waals surface area contributed by atoms with Gasteiger partial charge in [-0.1, -0.05) is 30.6 Å². The molecule has 0 unspecified atom stereocenters. The monoisotopic (exact) mass is 326 g/mol. The van der Waals surface area contributed by atoms with Crippen molar-refractivity contribution in [1.29, 1.82) is 0 Å². The van der Waals surface area contributed by atoms with E-state index in [1.807, 2.05) is 26.2 Å². The summed E-state index contributed by atoms with van der Waals surface area (Å²) in [6.45, 7) is 3.83. The first-order chi connectivity index (χ1) is 10.0. The van der Waals surface area contributed by atoms with E-state index in [1.54, 1.807) is 12.1 Å². The molecule has 0 N–H and O–H groups in total. The van der Waals surface area contributed by atoms with Crippen LogP contribution in [0.25, 0.3) is 0 Å². The molecule has 112 valence electrons. The predicted molar refractivity (Wildman–Crippen MR) is 80.7 cm³/mol. The Bertz CT molecular complexity index is 643. The lowest BCUT2D eigenvalue weighted by atomic mass is 10.2. The lowest BCUT2D eigenvalue weighted by Gasteiger charge is -2.05. The maximum absolute atomic E-state index is 12.0. The van der Waals surface area contributed by atoms with Gasteiger partial charge in [-0.05, 0) is 24.5 Å². The van der Waals surface area contributed by atoms with Crippen LogP contribution in [0.2, 0.25) is 5.02 Å². The summed E-state index contributed by atoms with van der Waals surface area (Å²) in [6, 6.07) is 5.22. The summed E-state index contributed by atoms with van der Waals surface area (Å²) in [5.41, 5.74) is 0.326. The second-order valence-electron chi connectivity index (χ2n) is 4.62. The minimum absolute atomic E-state index is 0.0711. The summed E-state index contributed by atoms with van der Waals surface area (Å²) in [5, 5.41) is 4.16. The molecule has 0 bridgehead atoms. The highest BCUT2D eigenvalue weighted by atomic mass is 35.5. The van der Waals surface area contributed by atoms with Crippen molar-refractivity contribution in [3.63, 3.8) is 0 Å². The van der Waals surface area contributed by atoms with Gasteiger partial charge in [0.05, 0.1) is 10.6 Å². The van der Waals surface area contributed by atoms with E-state index in [9.17, 15) is 4.79 Å². The van der Waals surface area contributed by atoms with Gasteiger partial charge in [-0.2, -0.15) is 4.98 Å². The number of carbonyl (C=O) groups is 1. The standard InChI is InChI=1S/C14H15ClN2O3S/c1-8(2)13-16-12(20-17-13)7-19-14(18)10-6-9(21-3)4-5-11(10)15/h4-6,8H,7H2,1-3H3. The minimum atomic E-state index is -0.514. The van der Waals surface area contributed by atoms with E-state index in [4.69, 9.17) is 20.9 Å². The van der Waals surface area contributed by atoms with Crippen LogP contribution in [-0.4, -0.2) is 22.4 Å². The fourth-order valence-electron chi connectivity index (χ4n) is 1.55. The second kappa shape index (κ2) is 6.95. The van der Waals surface area contributed by atoms with Gasteiger partial charge in [-0.25, -0.2) is 4.79 Å². The Labute approximate surface area is 132 Å². The highest BCUT2D eigenvalue weighted by Gasteiger charge is 2.15. The van der Waals surface area contributed by atoms with Crippen molar-refractivity contribution in [3.8, 4) is 0 Å². The number of carbonyl (C=O) groups excluding carboxylic acids is 1. The van der Waals surface area contributed by atoms with Gasteiger partial charge in [0.1, 0.15) is 0 Å². The number of hydrogen-bond donors (Lipinski definition) is 0. The highest BCUT2D eigenvalue weighted by Crippen LogP contribution is 2.24. The molecule has 0 spiro atoms. The zero-order chi connectivity index (χ0) is 15.4. The predicted octanol–water partition coefficient (Wildman–Crippen LogP) is 3.93. The van der Waals surface area contributed by atoms with E-state index in [-0.39, 0.29) is 18.4 Å². The summed E-state index contributed by atoms with van der Waals surface area (Å²) in [6.07, 6.45) is 1.92. The SMILES string of the molecule is CSc1ccc(Cl)c(C(=O)OCc2nc(C(C)C)no2)c1. The molecule has 2 aromatic rings. The molecule has 1 aromatic heterocycles. The largest absolute Gasteiger partial charge is 0.452 e. The molecular formula is C14H15ClN2O3S. The first-order valence-corrected chi connectivity index (χ1v) is 7.94. The van der Waals surface area contributed by atoms with Crippen molar-refractivity contribution in [3.05, 3.63) is 40.5 Å². The van der Waals surface area contributed by atoms with Gasteiger partial charge in [-0.3, -0.25) is 0 Å². The van der Waals surface area contributed by atoms with Crippen LogP contribution in [0, 0.1) is 0 Å². The van der Waals surface area contributed by atoms with Crippen LogP contribution in [0.5, 0.6) is 0 Å². The maximum atomic E-state index is 12.0. The maximum Gasteiger partial charge on any atom is 0.340 e. The van der Waals surface area contributed by atoms with Crippen molar-refractivity contribution < 1.29 is 14.1 Å². The molecule has 2 rings (SSSR count). The van der Waals surface area contributed by atoms with E-state index < -0.39 is 5.97 Å². The molecule has 5 nitrogen and oxygen atoms in total. The van der Waals surface area contributed by atoms with E-state index in [1.165, 1.54) is 11.8 Å². The Hall–Kier alpha value is -1.53. The van der Waals surface area contributed by atoms with Crippen molar-refractivity contribution in [2.45, 2.75) is 31.3 Å². The zero-order valence-electron chi connectivity index (χ0n) is 11.9. The van der Waals surface area contributed by atoms with E-state index in [0.29, 0.717) is 16.4 Å². The molecular weight excluding hydrogens is 312 g/mol. The summed E-state index contributed by atoms with van der Waals surface area (Å²) >= 11 is 7.54. The average Bonchev–Trinajstić information content (AvgIpc) is 2.94. The van der Waals surface area contributed by atoms with E-state index >= 15 is 0 Å². The van der Waals surface area contributed by atoms with Gasteiger partial charge in [0.25, 0.3) is 5.89 Å². The minimum Gasteiger partial charge on any atom is -0.452 e. The number of aromatic nitrogens is 2. The molecule has 0 radical (unpaired) electrons. The van der Waals surface area contributed by atoms with Crippen LogP contribution in [0.15, 0.2) is 27.6 Å². The lowest BCUT2D eigenvalue weighted by molar-refractivity contribution is 0.0429. The number of nitrogens with zero attached hydrogens (tertiary/aromatic N) is 2. The molecule has 0 aliphatic heterocycles. The Balaban J connectivity index is 2.04. The molecule has 0 saturated heterocycles. The number of benzene rings is 1. The first kappa shape index (κ1) is 15.9. The normalized spacial score (nSPS) is 10.9. The molecule has 7 heteroatoms. The van der Waals surface area contributed by atoms with Gasteiger partial charge >= 0.3 is 5.97 Å². The van der Waals surface area contributed by atoms with Crippen LogP contribution in [0.3, 0.4) is 0 Å². The quantitative estimate of drug-likeness (QED) is 0.612. The molecule has 0 fully saturated rings. The van der Waals surface area contributed by atoms with Gasteiger partial charge in [0, 0.05) is 10.8 Å². The summed E-state index contributed by atoms with van der Waals surface area (Å²) < 4.78 is 10.2. The Morgan fingerprint density at radius 3 is 2.86 bits per heavy atom. The van der Waals surface area contributed by atoms with Crippen molar-refractivity contribution in [2.24, 2.45) is 0 Å². The van der Waals surface area contributed by atoms with Crippen molar-refractivity contribution in [2.75, 3.05) is 6.26 Å². The fraction of sp³-hybridized carbons (Fsp3) is 0.357. The molecule has 0 amide bonds. The van der Waals surface area contributed by atoms with Crippen LogP contribution in [0.1, 0.15) is 41.8 Å². The third-order valence-corrected chi connectivity index (χ3v) is 3.78. The highest BCUT2D eigenvalue weighted by molar-refractivity contribution is 7.98. The third kappa shape index (κ3) is 3.98. The fourth-order valence-corrected chi connectivity index (χ4v) is 2.19. The van der Waals surface area contributed by atoms with Gasteiger partial charge in [0.15, 0.2) is 12.4 Å². The van der Waals surface area contributed by atoms with Gasteiger partial charge in [0.2, 0.25) is 0 Å². The van der Waals surface area contributed by atoms with E-state index in [2.05, 4.69) is 10.1 Å². The zero-order valence-corrected chi connectivity index (χ0v) is 13.5. The summed E-state index contributed by atoms with van der Waals surface area (Å²) in [4.78, 5) is 17.1. The van der Waals surface area contributed by atoms with Crippen molar-refractivity contribution >= 4 is 29.3 Å². The number of ether oxygens (including phenoxy) is 1. The average molecular weight is 327 g/mol. The smallest absolute Gasteiger partial charge is 0.340 e. The topological polar surface area (TPSA) is 65.2 Å². The summed E-state index contributed by atoms with van der Waals surface area (Å²) in [7, 11) is 0. The number of rotatable bonds is 5. The van der Waals surface area contributed by atoms with Crippen LogP contribution >= 0.6 is 23.4 Å². The number of hydrogen-bond acceptors (Lipinski definition) is 6. The summed E-state index contributed by atoms with van der Waals surface area (Å²) in [5.74, 6) is 0.499. The van der Waals surface area contributed by atoms with E-state index in [0.717, 1.165) is 4.90 Å². The molecule has 21 heavy (non-hydrogen) atoms. The number of esters is 1. The van der Waals surface area contributed by atoms with Crippen molar-refractivity contribution in [1.82, 2.24) is 10.1 Å². The molecule has 1 aromatic carbocycles. The van der Waals surface area contributed by atoms with Gasteiger partial charge < -0.3 is 9.26 Å². The Morgan fingerprint density at radius 1 is 1.48 bits per heavy atom. The Morgan fingerprint density at radius 2 is 2.24 bits per heavy atom. The van der Waals surface area contributed by atoms with Crippen LogP contribution < -0.4 is 0 Å². The molecule has 0 saturated carbocycles. The Kier molecular flexibility index (Phi) is 5.25. The molecule has 0 aliphatic rings. The first-order valence-electron chi connectivity index (χ1n) is 6.34. The van der Waals surface area contributed by atoms with Crippen LogP contribution in [0.4, 0.5) is 0 Å². The number of halogens is 1. The molecule has 0 aliphatic carbocycles. The second-order valence-corrected chi connectivity index (χ2v) is 5.91. The van der Waals surface area contributed by atoms with Crippen LogP contribution in [-0.2, 0) is 11.3 Å². The number of thioether (sulfide) groups is 1. The molecule has 1 heterocycles. The van der Waals surface area contributed by atoms with Gasteiger partial charge in [-0.15, -0.1) is 11.8 Å². The molecule has 0 atom stereocenters.